The molecular weight excluding hydrogens is 266 g/mol. The van der Waals surface area contributed by atoms with E-state index in [4.69, 9.17) is 0 Å². The Kier molecular flexibility index (Phi) is 4.41. The highest BCUT2D eigenvalue weighted by molar-refractivity contribution is 8.00. The van der Waals surface area contributed by atoms with Crippen LogP contribution in [0.2, 0.25) is 0 Å². The number of aromatic nitrogens is 3. The quantitative estimate of drug-likeness (QED) is 0.780. The van der Waals surface area contributed by atoms with Crippen molar-refractivity contribution < 1.29 is 9.59 Å². The largest absolute Gasteiger partial charge is 0.336 e. The lowest BCUT2D eigenvalue weighted by molar-refractivity contribution is -0.126. The van der Waals surface area contributed by atoms with Gasteiger partial charge in [0.2, 0.25) is 11.1 Å². The second-order valence-electron chi connectivity index (χ2n) is 4.30. The van der Waals surface area contributed by atoms with E-state index in [1.807, 2.05) is 0 Å². The summed E-state index contributed by atoms with van der Waals surface area (Å²) >= 11 is 1.26. The molecule has 0 aliphatic carbocycles. The summed E-state index contributed by atoms with van der Waals surface area (Å²) in [5.41, 5.74) is 0. The van der Waals surface area contributed by atoms with Gasteiger partial charge in [-0.25, -0.2) is 9.78 Å². The topological polar surface area (TPSA) is 91.0 Å². The van der Waals surface area contributed by atoms with Crippen LogP contribution in [0.1, 0.15) is 26.1 Å². The third-order valence-electron chi connectivity index (χ3n) is 2.75. The van der Waals surface area contributed by atoms with Gasteiger partial charge in [-0.15, -0.1) is 5.10 Å². The molecule has 3 amide bonds. The lowest BCUT2D eigenvalue weighted by Gasteiger charge is -2.15. The smallest absolute Gasteiger partial charge is 0.324 e. The molecule has 7 nitrogen and oxygen atoms in total. The first-order valence-corrected chi connectivity index (χ1v) is 7.17. The summed E-state index contributed by atoms with van der Waals surface area (Å²) in [6, 6.07) is -0.320. The Bertz CT molecular complexity index is 475. The Labute approximate surface area is 115 Å². The molecule has 1 saturated heterocycles. The van der Waals surface area contributed by atoms with E-state index in [-0.39, 0.29) is 17.2 Å². The molecule has 1 aliphatic rings. The highest BCUT2D eigenvalue weighted by Gasteiger charge is 2.30. The molecular formula is C11H17N5O2S. The Balaban J connectivity index is 1.94. The monoisotopic (exact) mass is 283 g/mol. The average Bonchev–Trinajstić information content (AvgIpc) is 2.98. The Morgan fingerprint density at radius 2 is 2.37 bits per heavy atom. The van der Waals surface area contributed by atoms with E-state index in [0.717, 1.165) is 18.7 Å². The van der Waals surface area contributed by atoms with Crippen molar-refractivity contribution in [1.82, 2.24) is 25.4 Å². The van der Waals surface area contributed by atoms with Gasteiger partial charge in [0, 0.05) is 19.5 Å². The number of H-pyrrole nitrogens is 1. The molecule has 2 N–H and O–H groups in total. The summed E-state index contributed by atoms with van der Waals surface area (Å²) in [6.07, 6.45) is 1.83. The van der Waals surface area contributed by atoms with Gasteiger partial charge in [0.1, 0.15) is 5.82 Å². The highest BCUT2D eigenvalue weighted by atomic mass is 32.2. The van der Waals surface area contributed by atoms with E-state index < -0.39 is 0 Å². The molecule has 104 valence electrons. The van der Waals surface area contributed by atoms with Gasteiger partial charge in [0.15, 0.2) is 0 Å². The molecule has 1 atom stereocenters. The number of aryl methyl sites for hydroxylation is 1. The maximum Gasteiger partial charge on any atom is 0.324 e. The van der Waals surface area contributed by atoms with E-state index in [1.165, 1.54) is 16.7 Å². The zero-order valence-electron chi connectivity index (χ0n) is 11.0. The van der Waals surface area contributed by atoms with Crippen molar-refractivity contribution in [1.29, 1.82) is 0 Å². The van der Waals surface area contributed by atoms with Gasteiger partial charge in [0.05, 0.1) is 5.25 Å². The van der Waals surface area contributed by atoms with Crippen molar-refractivity contribution in [3.8, 4) is 0 Å². The van der Waals surface area contributed by atoms with Gasteiger partial charge in [-0.05, 0) is 13.3 Å². The molecule has 0 unspecified atom stereocenters. The molecule has 1 aliphatic heterocycles. The van der Waals surface area contributed by atoms with E-state index >= 15 is 0 Å². The molecule has 1 aromatic rings. The molecule has 0 aromatic carbocycles. The fraction of sp³-hybridized carbons (Fsp3) is 0.636. The standard InChI is InChI=1S/C11H17N5O2S/c1-3-4-8-13-10(15-14-8)19-7(2)9(17)16-6-5-12-11(16)18/h7H,3-6H2,1-2H3,(H,12,18)(H,13,14,15)/t7-/m0/s1. The van der Waals surface area contributed by atoms with Crippen molar-refractivity contribution in [3.05, 3.63) is 5.82 Å². The number of thioether (sulfide) groups is 1. The molecule has 1 aromatic heterocycles. The van der Waals surface area contributed by atoms with E-state index in [2.05, 4.69) is 27.4 Å². The van der Waals surface area contributed by atoms with Crippen molar-refractivity contribution in [2.75, 3.05) is 13.1 Å². The van der Waals surface area contributed by atoms with Crippen molar-refractivity contribution in [3.63, 3.8) is 0 Å². The summed E-state index contributed by atoms with van der Waals surface area (Å²) in [7, 11) is 0. The van der Waals surface area contributed by atoms with Crippen LogP contribution in [0, 0.1) is 0 Å². The van der Waals surface area contributed by atoms with Crippen LogP contribution >= 0.6 is 11.8 Å². The number of urea groups is 1. The highest BCUT2D eigenvalue weighted by Crippen LogP contribution is 2.21. The number of hydrogen-bond donors (Lipinski definition) is 2. The normalized spacial score (nSPS) is 16.5. The molecule has 19 heavy (non-hydrogen) atoms. The summed E-state index contributed by atoms with van der Waals surface area (Å²) < 4.78 is 0. The molecule has 8 heteroatoms. The Morgan fingerprint density at radius 1 is 1.58 bits per heavy atom. The number of hydrogen-bond acceptors (Lipinski definition) is 5. The second kappa shape index (κ2) is 6.05. The lowest BCUT2D eigenvalue weighted by atomic mass is 10.3. The predicted octanol–water partition coefficient (Wildman–Crippen LogP) is 0.790. The van der Waals surface area contributed by atoms with E-state index in [1.54, 1.807) is 6.92 Å². The van der Waals surface area contributed by atoms with Crippen LogP contribution in [0.25, 0.3) is 0 Å². The first-order valence-electron chi connectivity index (χ1n) is 6.29. The first kappa shape index (κ1) is 13.9. The Morgan fingerprint density at radius 3 is 3.00 bits per heavy atom. The molecule has 2 heterocycles. The number of nitrogens with one attached hydrogen (secondary N) is 2. The van der Waals surface area contributed by atoms with Crippen LogP contribution in [0.15, 0.2) is 5.16 Å². The van der Waals surface area contributed by atoms with Gasteiger partial charge < -0.3 is 5.32 Å². The first-order chi connectivity index (χ1) is 9.11. The van der Waals surface area contributed by atoms with Crippen LogP contribution in [0.5, 0.6) is 0 Å². The van der Waals surface area contributed by atoms with Crippen LogP contribution in [-0.2, 0) is 11.2 Å². The minimum absolute atomic E-state index is 0.207. The molecule has 1 fully saturated rings. The lowest BCUT2D eigenvalue weighted by Crippen LogP contribution is -2.38. The van der Waals surface area contributed by atoms with Gasteiger partial charge in [-0.2, -0.15) is 0 Å². The second-order valence-corrected chi connectivity index (χ2v) is 5.60. The van der Waals surface area contributed by atoms with Crippen molar-refractivity contribution in [2.24, 2.45) is 0 Å². The molecule has 0 saturated carbocycles. The molecule has 2 rings (SSSR count). The van der Waals surface area contributed by atoms with Gasteiger partial charge >= 0.3 is 6.03 Å². The predicted molar refractivity (Wildman–Crippen MR) is 70.8 cm³/mol. The Hall–Kier alpha value is -1.57. The number of carbonyl (C=O) groups excluding carboxylic acids is 2. The third kappa shape index (κ3) is 3.25. The van der Waals surface area contributed by atoms with Gasteiger partial charge in [-0.3, -0.25) is 14.8 Å². The number of amides is 3. The number of rotatable bonds is 5. The number of aromatic amines is 1. The minimum atomic E-state index is -0.380. The maximum atomic E-state index is 12.1. The van der Waals surface area contributed by atoms with Gasteiger partial charge in [-0.1, -0.05) is 18.7 Å². The molecule has 0 spiro atoms. The van der Waals surface area contributed by atoms with Crippen LogP contribution < -0.4 is 5.32 Å². The summed E-state index contributed by atoms with van der Waals surface area (Å²) in [5.74, 6) is 0.616. The SMILES string of the molecule is CCCc1nc(S[C@@H](C)C(=O)N2CCNC2=O)n[nH]1. The molecule has 0 bridgehead atoms. The fourth-order valence-corrected chi connectivity index (χ4v) is 2.59. The van der Waals surface area contributed by atoms with Crippen LogP contribution in [-0.4, -0.2) is 50.4 Å². The zero-order chi connectivity index (χ0) is 13.8. The zero-order valence-corrected chi connectivity index (χ0v) is 11.8. The summed E-state index contributed by atoms with van der Waals surface area (Å²) in [4.78, 5) is 29.0. The fourth-order valence-electron chi connectivity index (χ4n) is 1.79. The minimum Gasteiger partial charge on any atom is -0.336 e. The number of carbonyl (C=O) groups is 2. The maximum absolute atomic E-state index is 12.1. The number of nitrogens with zero attached hydrogens (tertiary/aromatic N) is 3. The van der Waals surface area contributed by atoms with Gasteiger partial charge in [0.25, 0.3) is 0 Å². The van der Waals surface area contributed by atoms with Crippen molar-refractivity contribution >= 4 is 23.7 Å². The average molecular weight is 283 g/mol. The van der Waals surface area contributed by atoms with Crippen LogP contribution in [0.3, 0.4) is 0 Å². The summed E-state index contributed by atoms with van der Waals surface area (Å²) in [5, 5.41) is 9.68. The summed E-state index contributed by atoms with van der Waals surface area (Å²) in [6.45, 7) is 4.77. The van der Waals surface area contributed by atoms with Crippen LogP contribution in [0.4, 0.5) is 4.79 Å². The van der Waals surface area contributed by atoms with E-state index in [9.17, 15) is 9.59 Å². The number of imide groups is 1. The van der Waals surface area contributed by atoms with E-state index in [0.29, 0.717) is 18.2 Å². The third-order valence-corrected chi connectivity index (χ3v) is 3.70. The van der Waals surface area contributed by atoms with Crippen molar-refractivity contribution in [2.45, 2.75) is 37.1 Å². The molecule has 0 radical (unpaired) electrons.